The fourth-order valence-electron chi connectivity index (χ4n) is 3.92. The van der Waals surface area contributed by atoms with Crippen molar-refractivity contribution >= 4 is 5.91 Å². The quantitative estimate of drug-likeness (QED) is 0.815. The van der Waals surface area contributed by atoms with Crippen LogP contribution >= 0.6 is 0 Å². The van der Waals surface area contributed by atoms with Gasteiger partial charge in [0, 0.05) is 20.6 Å². The van der Waals surface area contributed by atoms with Crippen molar-refractivity contribution in [3.05, 3.63) is 71.3 Å². The monoisotopic (exact) mass is 323 g/mol. The zero-order valence-electron chi connectivity index (χ0n) is 13.9. The van der Waals surface area contributed by atoms with Gasteiger partial charge in [-0.25, -0.2) is 0 Å². The van der Waals surface area contributed by atoms with E-state index in [2.05, 4.69) is 24.3 Å². The van der Waals surface area contributed by atoms with Crippen molar-refractivity contribution in [1.82, 2.24) is 4.90 Å². The first kappa shape index (κ1) is 15.4. The SMILES string of the molecule is COC1Cc2ccccc2[C@H]([C@@H]2C(=O)N(C)[C@H]2c2ccccc2)O1. The van der Waals surface area contributed by atoms with E-state index in [1.54, 1.807) is 7.11 Å². The maximum Gasteiger partial charge on any atom is 0.231 e. The number of amides is 1. The van der Waals surface area contributed by atoms with E-state index in [0.29, 0.717) is 0 Å². The number of nitrogens with zero attached hydrogens (tertiary/aromatic N) is 1. The van der Waals surface area contributed by atoms with Gasteiger partial charge in [-0.2, -0.15) is 0 Å². The number of rotatable bonds is 3. The predicted octanol–water partition coefficient (Wildman–Crippen LogP) is 3.10. The highest BCUT2D eigenvalue weighted by molar-refractivity contribution is 5.87. The summed E-state index contributed by atoms with van der Waals surface area (Å²) >= 11 is 0. The third-order valence-electron chi connectivity index (χ3n) is 5.17. The normalized spacial score (nSPS) is 29.1. The molecule has 2 aliphatic heterocycles. The molecule has 2 heterocycles. The molecule has 0 N–H and O–H groups in total. The second-order valence-corrected chi connectivity index (χ2v) is 6.46. The van der Waals surface area contributed by atoms with E-state index in [9.17, 15) is 4.79 Å². The molecular formula is C20H21NO3. The van der Waals surface area contributed by atoms with Gasteiger partial charge in [0.15, 0.2) is 6.29 Å². The summed E-state index contributed by atoms with van der Waals surface area (Å²) in [4.78, 5) is 14.5. The van der Waals surface area contributed by atoms with Gasteiger partial charge in [0.25, 0.3) is 0 Å². The Labute approximate surface area is 142 Å². The van der Waals surface area contributed by atoms with Gasteiger partial charge in [0.2, 0.25) is 5.91 Å². The third-order valence-corrected chi connectivity index (χ3v) is 5.17. The summed E-state index contributed by atoms with van der Waals surface area (Å²) in [5, 5.41) is 0. The first-order chi connectivity index (χ1) is 11.7. The summed E-state index contributed by atoms with van der Waals surface area (Å²) < 4.78 is 11.6. The van der Waals surface area contributed by atoms with Gasteiger partial charge in [0.05, 0.1) is 18.1 Å². The molecule has 4 nitrogen and oxygen atoms in total. The molecule has 1 amide bonds. The van der Waals surface area contributed by atoms with E-state index in [0.717, 1.165) is 17.5 Å². The van der Waals surface area contributed by atoms with E-state index in [1.807, 2.05) is 42.3 Å². The molecule has 0 aromatic heterocycles. The van der Waals surface area contributed by atoms with Crippen LogP contribution in [-0.4, -0.2) is 31.3 Å². The van der Waals surface area contributed by atoms with Gasteiger partial charge >= 0.3 is 0 Å². The van der Waals surface area contributed by atoms with Crippen LogP contribution in [0.25, 0.3) is 0 Å². The lowest BCUT2D eigenvalue weighted by Crippen LogP contribution is -2.56. The van der Waals surface area contributed by atoms with Crippen molar-refractivity contribution in [2.75, 3.05) is 14.2 Å². The van der Waals surface area contributed by atoms with Crippen molar-refractivity contribution in [2.24, 2.45) is 5.92 Å². The van der Waals surface area contributed by atoms with Crippen LogP contribution in [0.1, 0.15) is 28.8 Å². The number of hydrogen-bond donors (Lipinski definition) is 0. The standard InChI is InChI=1S/C20H21NO3/c1-21-18(13-8-4-3-5-9-13)17(20(21)22)19-15-11-7-6-10-14(15)12-16(23-2)24-19/h3-11,16-19H,12H2,1-2H3/t16?,17-,18+,19-/m1/s1. The molecule has 0 spiro atoms. The Morgan fingerprint density at radius 2 is 1.79 bits per heavy atom. The number of methoxy groups -OCH3 is 1. The largest absolute Gasteiger partial charge is 0.356 e. The van der Waals surface area contributed by atoms with E-state index in [4.69, 9.17) is 9.47 Å². The average molecular weight is 323 g/mol. The zero-order chi connectivity index (χ0) is 16.7. The number of ether oxygens (including phenoxy) is 2. The van der Waals surface area contributed by atoms with Crippen LogP contribution in [-0.2, 0) is 20.7 Å². The zero-order valence-corrected chi connectivity index (χ0v) is 13.9. The number of likely N-dealkylation sites (tertiary alicyclic amines) is 1. The van der Waals surface area contributed by atoms with Gasteiger partial charge in [-0.05, 0) is 16.7 Å². The summed E-state index contributed by atoms with van der Waals surface area (Å²) in [6, 6.07) is 18.4. The lowest BCUT2D eigenvalue weighted by Gasteiger charge is -2.50. The minimum absolute atomic E-state index is 0.0346. The van der Waals surface area contributed by atoms with Crippen LogP contribution in [0, 0.1) is 5.92 Å². The molecule has 0 aliphatic carbocycles. The fourth-order valence-corrected chi connectivity index (χ4v) is 3.92. The van der Waals surface area contributed by atoms with Gasteiger partial charge in [-0.3, -0.25) is 4.79 Å². The van der Waals surface area contributed by atoms with Crippen LogP contribution in [0.2, 0.25) is 0 Å². The molecule has 2 aliphatic rings. The van der Waals surface area contributed by atoms with E-state index < -0.39 is 0 Å². The van der Waals surface area contributed by atoms with Crippen molar-refractivity contribution in [3.63, 3.8) is 0 Å². The molecule has 2 aromatic rings. The molecule has 0 bridgehead atoms. The van der Waals surface area contributed by atoms with E-state index in [-0.39, 0.29) is 30.3 Å². The topological polar surface area (TPSA) is 38.8 Å². The molecule has 1 unspecified atom stereocenters. The van der Waals surface area contributed by atoms with Crippen molar-refractivity contribution in [2.45, 2.75) is 24.9 Å². The molecule has 2 aromatic carbocycles. The van der Waals surface area contributed by atoms with Crippen LogP contribution < -0.4 is 0 Å². The first-order valence-electron chi connectivity index (χ1n) is 8.28. The van der Waals surface area contributed by atoms with Gasteiger partial charge in [-0.15, -0.1) is 0 Å². The number of benzene rings is 2. The highest BCUT2D eigenvalue weighted by Crippen LogP contribution is 2.49. The molecule has 1 fully saturated rings. The Bertz CT molecular complexity index is 746. The molecule has 124 valence electrons. The van der Waals surface area contributed by atoms with Crippen LogP contribution in [0.5, 0.6) is 0 Å². The van der Waals surface area contributed by atoms with Gasteiger partial charge < -0.3 is 14.4 Å². The summed E-state index contributed by atoms with van der Waals surface area (Å²) in [5.41, 5.74) is 3.46. The molecule has 0 radical (unpaired) electrons. The maximum atomic E-state index is 12.7. The molecule has 0 saturated carbocycles. The Hall–Kier alpha value is -2.17. The average Bonchev–Trinajstić information content (AvgIpc) is 2.65. The molecule has 4 heteroatoms. The van der Waals surface area contributed by atoms with E-state index >= 15 is 0 Å². The van der Waals surface area contributed by atoms with Crippen molar-refractivity contribution in [1.29, 1.82) is 0 Å². The van der Waals surface area contributed by atoms with Crippen molar-refractivity contribution in [3.8, 4) is 0 Å². The van der Waals surface area contributed by atoms with Gasteiger partial charge in [0.1, 0.15) is 0 Å². The lowest BCUT2D eigenvalue weighted by atomic mass is 9.75. The summed E-state index contributed by atoms with van der Waals surface area (Å²) in [7, 11) is 3.51. The molecule has 4 atom stereocenters. The number of fused-ring (bicyclic) bond motifs is 1. The smallest absolute Gasteiger partial charge is 0.231 e. The van der Waals surface area contributed by atoms with Crippen molar-refractivity contribution < 1.29 is 14.3 Å². The predicted molar refractivity (Wildman–Crippen MR) is 90.2 cm³/mol. The summed E-state index contributed by atoms with van der Waals surface area (Å²) in [5.74, 6) is -0.0862. The minimum Gasteiger partial charge on any atom is -0.356 e. The highest BCUT2D eigenvalue weighted by atomic mass is 16.7. The summed E-state index contributed by atoms with van der Waals surface area (Å²) in [6.45, 7) is 0. The number of β-lactam (4-membered cyclic amide) rings is 1. The Morgan fingerprint density at radius 1 is 1.08 bits per heavy atom. The fraction of sp³-hybridized carbons (Fsp3) is 0.350. The first-order valence-corrected chi connectivity index (χ1v) is 8.28. The lowest BCUT2D eigenvalue weighted by molar-refractivity contribution is -0.205. The van der Waals surface area contributed by atoms with Crippen LogP contribution in [0.3, 0.4) is 0 Å². The van der Waals surface area contributed by atoms with Gasteiger partial charge in [-0.1, -0.05) is 54.6 Å². The second kappa shape index (κ2) is 6.04. The molecule has 24 heavy (non-hydrogen) atoms. The Kier molecular flexibility index (Phi) is 3.87. The number of hydrogen-bond acceptors (Lipinski definition) is 3. The molecule has 4 rings (SSSR count). The Balaban J connectivity index is 1.72. The number of carbonyl (C=O) groups excluding carboxylic acids is 1. The maximum absolute atomic E-state index is 12.7. The molecular weight excluding hydrogens is 302 g/mol. The van der Waals surface area contributed by atoms with Crippen LogP contribution in [0.4, 0.5) is 0 Å². The van der Waals surface area contributed by atoms with E-state index in [1.165, 1.54) is 5.56 Å². The Morgan fingerprint density at radius 3 is 2.54 bits per heavy atom. The third kappa shape index (κ3) is 2.34. The molecule has 1 saturated heterocycles. The highest BCUT2D eigenvalue weighted by Gasteiger charge is 2.52. The minimum atomic E-state index is -0.306. The summed E-state index contributed by atoms with van der Waals surface area (Å²) in [6.07, 6.45) is 0.143. The second-order valence-electron chi connectivity index (χ2n) is 6.46. The number of carbonyl (C=O) groups is 1. The van der Waals surface area contributed by atoms with Crippen LogP contribution in [0.15, 0.2) is 54.6 Å².